The van der Waals surface area contributed by atoms with E-state index in [-0.39, 0.29) is 12.2 Å². The monoisotopic (exact) mass is 260 g/mol. The second-order valence-electron chi connectivity index (χ2n) is 3.59. The van der Waals surface area contributed by atoms with Crippen LogP contribution < -0.4 is 0 Å². The zero-order valence-electron chi connectivity index (χ0n) is 9.80. The van der Waals surface area contributed by atoms with Gasteiger partial charge in [-0.1, -0.05) is 12.1 Å². The fraction of sp³-hybridized carbons (Fsp3) is 0.333. The highest BCUT2D eigenvalue weighted by molar-refractivity contribution is 6.13. The van der Waals surface area contributed by atoms with E-state index < -0.39 is 29.1 Å². The van der Waals surface area contributed by atoms with E-state index in [1.165, 1.54) is 19.9 Å². The Morgan fingerprint density at radius 3 is 2.44 bits per heavy atom. The number of benzene rings is 1. The molecular weight excluding hydrogens is 249 g/mol. The molecule has 0 spiro atoms. The Labute approximate surface area is 102 Å². The van der Waals surface area contributed by atoms with Crippen LogP contribution in [0.5, 0.6) is 0 Å². The molecule has 0 saturated heterocycles. The van der Waals surface area contributed by atoms with E-state index >= 15 is 0 Å². The molecular formula is C12H11F3O3. The summed E-state index contributed by atoms with van der Waals surface area (Å²) in [5.74, 6) is -8.81. The van der Waals surface area contributed by atoms with E-state index in [0.717, 1.165) is 6.07 Å². The summed E-state index contributed by atoms with van der Waals surface area (Å²) in [4.78, 5) is 22.4. The summed E-state index contributed by atoms with van der Waals surface area (Å²) in [7, 11) is 0. The number of ketones is 1. The van der Waals surface area contributed by atoms with Gasteiger partial charge in [-0.05, 0) is 25.5 Å². The lowest BCUT2D eigenvalue weighted by molar-refractivity contribution is -0.164. The molecule has 0 saturated carbocycles. The molecule has 0 N–H and O–H groups in total. The van der Waals surface area contributed by atoms with Gasteiger partial charge in [0.15, 0.2) is 0 Å². The van der Waals surface area contributed by atoms with Crippen molar-refractivity contribution in [1.29, 1.82) is 0 Å². The highest BCUT2D eigenvalue weighted by atomic mass is 19.3. The van der Waals surface area contributed by atoms with Crippen LogP contribution in [-0.4, -0.2) is 24.3 Å². The van der Waals surface area contributed by atoms with Gasteiger partial charge in [0.1, 0.15) is 5.82 Å². The second-order valence-corrected chi connectivity index (χ2v) is 3.59. The molecule has 0 aliphatic rings. The zero-order valence-corrected chi connectivity index (χ0v) is 9.80. The maximum Gasteiger partial charge on any atom is 0.404 e. The number of halogens is 3. The Kier molecular flexibility index (Phi) is 4.11. The minimum absolute atomic E-state index is 0.214. The quantitative estimate of drug-likeness (QED) is 0.474. The first-order valence-electron chi connectivity index (χ1n) is 5.16. The third-order valence-corrected chi connectivity index (χ3v) is 2.25. The minimum Gasteiger partial charge on any atom is -0.461 e. The summed E-state index contributed by atoms with van der Waals surface area (Å²) >= 11 is 0. The van der Waals surface area contributed by atoms with E-state index in [1.807, 2.05) is 0 Å². The standard InChI is InChI=1S/C12H11F3O3/c1-3-18-11(17)12(14,15)10(16)8-5-4-7(2)9(13)6-8/h4-6H,3H2,1-2H3. The van der Waals surface area contributed by atoms with Crippen LogP contribution in [-0.2, 0) is 9.53 Å². The van der Waals surface area contributed by atoms with Crippen molar-refractivity contribution in [2.75, 3.05) is 6.61 Å². The molecule has 0 fully saturated rings. The molecule has 0 aliphatic carbocycles. The fourth-order valence-electron chi connectivity index (χ4n) is 1.23. The Bertz CT molecular complexity index is 483. The van der Waals surface area contributed by atoms with Gasteiger partial charge in [-0.2, -0.15) is 8.78 Å². The summed E-state index contributed by atoms with van der Waals surface area (Å²) in [6.07, 6.45) is 0. The molecule has 18 heavy (non-hydrogen) atoms. The topological polar surface area (TPSA) is 43.4 Å². The summed E-state index contributed by atoms with van der Waals surface area (Å²) in [5, 5.41) is 0. The van der Waals surface area contributed by atoms with Crippen molar-refractivity contribution >= 4 is 11.8 Å². The molecule has 0 bridgehead atoms. The lowest BCUT2D eigenvalue weighted by atomic mass is 10.0. The van der Waals surface area contributed by atoms with Gasteiger partial charge >= 0.3 is 11.9 Å². The van der Waals surface area contributed by atoms with E-state index in [4.69, 9.17) is 0 Å². The summed E-state index contributed by atoms with van der Waals surface area (Å²) in [6.45, 7) is 2.49. The highest BCUT2D eigenvalue weighted by Crippen LogP contribution is 2.23. The largest absolute Gasteiger partial charge is 0.461 e. The number of hydrogen-bond donors (Lipinski definition) is 0. The van der Waals surface area contributed by atoms with Crippen molar-refractivity contribution in [1.82, 2.24) is 0 Å². The van der Waals surface area contributed by atoms with Gasteiger partial charge < -0.3 is 4.74 Å². The molecule has 1 aromatic rings. The van der Waals surface area contributed by atoms with Gasteiger partial charge in [0.05, 0.1) is 6.61 Å². The number of carbonyl (C=O) groups excluding carboxylic acids is 2. The molecule has 1 rings (SSSR count). The second kappa shape index (κ2) is 5.20. The molecule has 0 heterocycles. The van der Waals surface area contributed by atoms with Crippen LogP contribution in [0.3, 0.4) is 0 Å². The maximum atomic E-state index is 13.4. The van der Waals surface area contributed by atoms with Gasteiger partial charge in [-0.15, -0.1) is 0 Å². The predicted molar refractivity (Wildman–Crippen MR) is 57.0 cm³/mol. The summed E-state index contributed by atoms with van der Waals surface area (Å²) in [5.41, 5.74) is -0.359. The smallest absolute Gasteiger partial charge is 0.404 e. The number of rotatable bonds is 4. The number of esters is 1. The van der Waals surface area contributed by atoms with Gasteiger partial charge in [0, 0.05) is 5.56 Å². The maximum absolute atomic E-state index is 13.4. The normalized spacial score (nSPS) is 11.2. The van der Waals surface area contributed by atoms with Crippen molar-refractivity contribution in [2.24, 2.45) is 0 Å². The number of carbonyl (C=O) groups is 2. The molecule has 98 valence electrons. The molecule has 0 unspecified atom stereocenters. The summed E-state index contributed by atoms with van der Waals surface area (Å²) < 4.78 is 44.0. The Balaban J connectivity index is 3.05. The van der Waals surface area contributed by atoms with Crippen LogP contribution >= 0.6 is 0 Å². The third kappa shape index (κ3) is 2.69. The Morgan fingerprint density at radius 2 is 1.94 bits per heavy atom. The van der Waals surface area contributed by atoms with Crippen molar-refractivity contribution in [2.45, 2.75) is 19.8 Å². The zero-order chi connectivity index (χ0) is 13.9. The van der Waals surface area contributed by atoms with E-state index in [1.54, 1.807) is 0 Å². The number of alkyl halides is 2. The molecule has 0 aliphatic heterocycles. The van der Waals surface area contributed by atoms with Gasteiger partial charge in [-0.25, -0.2) is 9.18 Å². The molecule has 3 nitrogen and oxygen atoms in total. The van der Waals surface area contributed by atoms with E-state index in [0.29, 0.717) is 6.07 Å². The average molecular weight is 260 g/mol. The number of Topliss-reactive ketones (excluding diaryl/α,β-unsaturated/α-hetero) is 1. The van der Waals surface area contributed by atoms with Crippen LogP contribution in [0.2, 0.25) is 0 Å². The van der Waals surface area contributed by atoms with Crippen molar-refractivity contribution in [3.8, 4) is 0 Å². The lowest BCUT2D eigenvalue weighted by Crippen LogP contribution is -2.39. The first-order chi connectivity index (χ1) is 8.30. The van der Waals surface area contributed by atoms with Crippen LogP contribution in [0.4, 0.5) is 13.2 Å². The molecule has 0 aromatic heterocycles. The van der Waals surface area contributed by atoms with Gasteiger partial charge in [0.25, 0.3) is 0 Å². The van der Waals surface area contributed by atoms with Crippen molar-refractivity contribution < 1.29 is 27.5 Å². The number of aryl methyl sites for hydroxylation is 1. The first kappa shape index (κ1) is 14.2. The number of ether oxygens (including phenoxy) is 1. The predicted octanol–water partition coefficient (Wildman–Crippen LogP) is 2.52. The lowest BCUT2D eigenvalue weighted by Gasteiger charge is -2.13. The van der Waals surface area contributed by atoms with Crippen LogP contribution in [0, 0.1) is 12.7 Å². The first-order valence-corrected chi connectivity index (χ1v) is 5.16. The summed E-state index contributed by atoms with van der Waals surface area (Å²) in [6, 6.07) is 2.89. The number of hydrogen-bond acceptors (Lipinski definition) is 3. The van der Waals surface area contributed by atoms with Gasteiger partial charge in [-0.3, -0.25) is 4.79 Å². The fourth-order valence-corrected chi connectivity index (χ4v) is 1.23. The Morgan fingerprint density at radius 1 is 1.33 bits per heavy atom. The van der Waals surface area contributed by atoms with Crippen LogP contribution in [0.15, 0.2) is 18.2 Å². The molecule has 0 radical (unpaired) electrons. The van der Waals surface area contributed by atoms with Gasteiger partial charge in [0.2, 0.25) is 5.78 Å². The van der Waals surface area contributed by atoms with E-state index in [2.05, 4.69) is 4.74 Å². The minimum atomic E-state index is -4.31. The molecule has 6 heteroatoms. The average Bonchev–Trinajstić information content (AvgIpc) is 2.32. The van der Waals surface area contributed by atoms with Crippen molar-refractivity contribution in [3.05, 3.63) is 35.1 Å². The SMILES string of the molecule is CCOC(=O)C(F)(F)C(=O)c1ccc(C)c(F)c1. The molecule has 0 atom stereocenters. The van der Waals surface area contributed by atoms with Crippen molar-refractivity contribution in [3.63, 3.8) is 0 Å². The molecule has 1 aromatic carbocycles. The van der Waals surface area contributed by atoms with E-state index in [9.17, 15) is 22.8 Å². The Hall–Kier alpha value is -1.85. The van der Waals surface area contributed by atoms with Crippen LogP contribution in [0.25, 0.3) is 0 Å². The molecule has 0 amide bonds. The highest BCUT2D eigenvalue weighted by Gasteiger charge is 2.49. The van der Waals surface area contributed by atoms with Crippen LogP contribution in [0.1, 0.15) is 22.8 Å². The third-order valence-electron chi connectivity index (χ3n) is 2.25.